The van der Waals surface area contributed by atoms with Crippen molar-refractivity contribution in [1.82, 2.24) is 9.97 Å². The van der Waals surface area contributed by atoms with Gasteiger partial charge in [-0.1, -0.05) is 6.07 Å². The maximum Gasteiger partial charge on any atom is 0.416 e. The van der Waals surface area contributed by atoms with Crippen molar-refractivity contribution in [3.05, 3.63) is 78.5 Å². The fraction of sp³-hybridized carbons (Fsp3) is 0.125. The van der Waals surface area contributed by atoms with Gasteiger partial charge in [-0.05, 0) is 48.0 Å². The van der Waals surface area contributed by atoms with E-state index in [2.05, 4.69) is 20.6 Å². The Labute approximate surface area is 190 Å². The van der Waals surface area contributed by atoms with Crippen LogP contribution in [0.5, 0.6) is 0 Å². The topological polar surface area (TPSA) is 86.9 Å². The highest BCUT2D eigenvalue weighted by Gasteiger charge is 2.49. The Balaban J connectivity index is 1.38. The van der Waals surface area contributed by atoms with Gasteiger partial charge in [0.25, 0.3) is 0 Å². The van der Waals surface area contributed by atoms with Crippen LogP contribution >= 0.6 is 0 Å². The third kappa shape index (κ3) is 3.87. The van der Waals surface area contributed by atoms with Crippen molar-refractivity contribution < 1.29 is 27.2 Å². The highest BCUT2D eigenvalue weighted by atomic mass is 19.4. The number of anilines is 2. The molecule has 34 heavy (non-hydrogen) atoms. The van der Waals surface area contributed by atoms with Gasteiger partial charge in [-0.3, -0.25) is 14.6 Å². The smallest absolute Gasteiger partial charge is 0.373 e. The molecule has 5 rings (SSSR count). The summed E-state index contributed by atoms with van der Waals surface area (Å²) in [6.07, 6.45) is -0.194. The van der Waals surface area contributed by atoms with E-state index in [0.717, 1.165) is 23.8 Å². The number of aromatic nitrogens is 2. The molecule has 10 heteroatoms. The largest absolute Gasteiger partial charge is 0.416 e. The van der Waals surface area contributed by atoms with Crippen LogP contribution in [0, 0.1) is 5.82 Å². The minimum absolute atomic E-state index is 0.283. The summed E-state index contributed by atoms with van der Waals surface area (Å²) in [5.41, 5.74) is 2.05. The van der Waals surface area contributed by atoms with Crippen LogP contribution in [0.2, 0.25) is 0 Å². The van der Waals surface area contributed by atoms with Crippen LogP contribution in [0.3, 0.4) is 0 Å². The molecule has 0 radical (unpaired) electrons. The average molecular weight is 468 g/mol. The number of fused-ring (bicyclic) bond motifs is 1. The molecular weight excluding hydrogens is 452 g/mol. The summed E-state index contributed by atoms with van der Waals surface area (Å²) < 4.78 is 51.9. The number of benzene rings is 2. The van der Waals surface area contributed by atoms with Crippen molar-refractivity contribution in [2.75, 3.05) is 10.6 Å². The zero-order chi connectivity index (χ0) is 24.0. The van der Waals surface area contributed by atoms with Gasteiger partial charge in [-0.15, -0.1) is 0 Å². The average Bonchev–Trinajstić information content (AvgIpc) is 3.23. The van der Waals surface area contributed by atoms with E-state index >= 15 is 0 Å². The van der Waals surface area contributed by atoms with Crippen LogP contribution in [0.4, 0.5) is 28.9 Å². The second kappa shape index (κ2) is 7.98. The number of nitrogens with zero attached hydrogens (tertiary/aromatic N) is 1. The molecule has 2 aromatic carbocycles. The number of rotatable bonds is 5. The number of hydrogen-bond donors (Lipinski definition) is 3. The van der Waals surface area contributed by atoms with Gasteiger partial charge in [0.05, 0.1) is 17.4 Å². The van der Waals surface area contributed by atoms with Gasteiger partial charge in [0.15, 0.2) is 0 Å². The normalized spacial score (nSPS) is 18.1. The number of alkyl halides is 3. The Hall–Kier alpha value is -4.21. The van der Waals surface area contributed by atoms with Gasteiger partial charge in [-0.25, -0.2) is 4.39 Å². The molecule has 172 valence electrons. The van der Waals surface area contributed by atoms with E-state index in [0.29, 0.717) is 22.2 Å². The predicted octanol–water partition coefficient (Wildman–Crippen LogP) is 4.80. The number of nitrogens with one attached hydrogen (secondary N) is 3. The van der Waals surface area contributed by atoms with Crippen LogP contribution in [0.25, 0.3) is 22.0 Å². The number of carbonyl (C=O) groups is 2. The van der Waals surface area contributed by atoms with Crippen LogP contribution in [0.1, 0.15) is 5.56 Å². The van der Waals surface area contributed by atoms with Gasteiger partial charge in [0.2, 0.25) is 11.6 Å². The Morgan fingerprint density at radius 3 is 2.24 bits per heavy atom. The van der Waals surface area contributed by atoms with Gasteiger partial charge in [-0.2, -0.15) is 13.2 Å². The van der Waals surface area contributed by atoms with Crippen LogP contribution in [-0.4, -0.2) is 33.6 Å². The predicted molar refractivity (Wildman–Crippen MR) is 118 cm³/mol. The number of H-pyrrole nitrogens is 1. The van der Waals surface area contributed by atoms with Gasteiger partial charge < -0.3 is 15.6 Å². The van der Waals surface area contributed by atoms with E-state index in [1.165, 1.54) is 24.4 Å². The molecule has 2 unspecified atom stereocenters. The van der Waals surface area contributed by atoms with Crippen LogP contribution < -0.4 is 10.6 Å². The molecule has 3 N–H and O–H groups in total. The van der Waals surface area contributed by atoms with Gasteiger partial charge >= 0.3 is 6.18 Å². The maximum absolute atomic E-state index is 13.6. The Bertz CT molecular complexity index is 1410. The molecule has 4 aromatic rings. The summed E-state index contributed by atoms with van der Waals surface area (Å²) in [6.45, 7) is 0. The second-order valence-electron chi connectivity index (χ2n) is 7.90. The first kappa shape index (κ1) is 21.6. The molecule has 1 aliphatic rings. The molecule has 0 aliphatic heterocycles. The van der Waals surface area contributed by atoms with Crippen molar-refractivity contribution in [1.29, 1.82) is 0 Å². The van der Waals surface area contributed by atoms with E-state index in [-0.39, 0.29) is 5.69 Å². The number of pyridine rings is 1. The van der Waals surface area contributed by atoms with E-state index in [4.69, 9.17) is 0 Å². The lowest BCUT2D eigenvalue weighted by atomic mass is 9.82. The SMILES string of the molecule is O=C1C(=O)C(Nc2c[nH]c3ccc(-c4cncc(F)c4)cc23)C1Nc1ccc(C(F)(F)F)cc1. The van der Waals surface area contributed by atoms with Crippen LogP contribution in [-0.2, 0) is 15.8 Å². The van der Waals surface area contributed by atoms with E-state index in [1.54, 1.807) is 24.4 Å². The van der Waals surface area contributed by atoms with Gasteiger partial charge in [0.1, 0.15) is 17.9 Å². The minimum Gasteiger partial charge on any atom is -0.373 e. The standard InChI is InChI=1S/C24H16F4N4O2/c25-15-7-13(9-29-10-15)12-1-6-18-17(8-12)19(11-30-18)32-21-20(22(33)23(21)34)31-16-4-2-14(3-5-16)24(26,27)28/h1-11,20-21,30-32H. The summed E-state index contributed by atoms with van der Waals surface area (Å²) in [5, 5.41) is 6.59. The van der Waals surface area contributed by atoms with Gasteiger partial charge in [0, 0.05) is 34.5 Å². The molecule has 2 heterocycles. The molecule has 1 fully saturated rings. The lowest BCUT2D eigenvalue weighted by Crippen LogP contribution is -2.64. The molecule has 1 saturated carbocycles. The van der Waals surface area contributed by atoms with Crippen molar-refractivity contribution >= 4 is 33.8 Å². The summed E-state index contributed by atoms with van der Waals surface area (Å²) in [6, 6.07) is 9.12. The summed E-state index contributed by atoms with van der Waals surface area (Å²) >= 11 is 0. The van der Waals surface area contributed by atoms with Crippen molar-refractivity contribution in [2.45, 2.75) is 18.3 Å². The van der Waals surface area contributed by atoms with Crippen molar-refractivity contribution in [3.63, 3.8) is 0 Å². The molecule has 2 aromatic heterocycles. The fourth-order valence-electron chi connectivity index (χ4n) is 3.90. The zero-order valence-corrected chi connectivity index (χ0v) is 17.3. The number of ketones is 2. The maximum atomic E-state index is 13.6. The molecule has 0 spiro atoms. The third-order valence-electron chi connectivity index (χ3n) is 5.71. The number of carbonyl (C=O) groups excluding carboxylic acids is 2. The number of Topliss-reactive ketones (excluding diaryl/α,β-unsaturated/α-hetero) is 2. The lowest BCUT2D eigenvalue weighted by Gasteiger charge is -2.35. The Kier molecular flexibility index (Phi) is 5.07. The molecule has 6 nitrogen and oxygen atoms in total. The van der Waals surface area contributed by atoms with Crippen molar-refractivity contribution in [3.8, 4) is 11.1 Å². The molecule has 0 saturated heterocycles. The third-order valence-corrected chi connectivity index (χ3v) is 5.71. The van der Waals surface area contributed by atoms with E-state index in [9.17, 15) is 27.2 Å². The monoisotopic (exact) mass is 468 g/mol. The molecule has 0 bridgehead atoms. The highest BCUT2D eigenvalue weighted by molar-refractivity contribution is 6.50. The fourth-order valence-corrected chi connectivity index (χ4v) is 3.90. The first-order chi connectivity index (χ1) is 16.2. The van der Waals surface area contributed by atoms with E-state index in [1.807, 2.05) is 0 Å². The molecule has 2 atom stereocenters. The number of hydrogen-bond acceptors (Lipinski definition) is 5. The minimum atomic E-state index is -4.47. The van der Waals surface area contributed by atoms with Crippen molar-refractivity contribution in [2.24, 2.45) is 0 Å². The molecular formula is C24H16F4N4O2. The first-order valence-electron chi connectivity index (χ1n) is 10.2. The lowest BCUT2D eigenvalue weighted by molar-refractivity contribution is -0.144. The number of halogens is 4. The Morgan fingerprint density at radius 2 is 1.56 bits per heavy atom. The number of aromatic amines is 1. The summed E-state index contributed by atoms with van der Waals surface area (Å²) in [7, 11) is 0. The summed E-state index contributed by atoms with van der Waals surface area (Å²) in [5.74, 6) is -1.77. The molecule has 1 aliphatic carbocycles. The second-order valence-corrected chi connectivity index (χ2v) is 7.90. The summed E-state index contributed by atoms with van der Waals surface area (Å²) in [4.78, 5) is 31.4. The first-order valence-corrected chi connectivity index (χ1v) is 10.2. The molecule has 0 amide bonds. The zero-order valence-electron chi connectivity index (χ0n) is 17.3. The van der Waals surface area contributed by atoms with Crippen LogP contribution in [0.15, 0.2) is 67.1 Å². The Morgan fingerprint density at radius 1 is 0.853 bits per heavy atom. The highest BCUT2D eigenvalue weighted by Crippen LogP contribution is 2.33. The quantitative estimate of drug-likeness (QED) is 0.289. The van der Waals surface area contributed by atoms with E-state index < -0.39 is 41.2 Å².